The van der Waals surface area contributed by atoms with Crippen LogP contribution in [0, 0.1) is 0 Å². The van der Waals surface area contributed by atoms with E-state index in [4.69, 9.17) is 0 Å². The molecule has 0 bridgehead atoms. The molecule has 18 heavy (non-hydrogen) atoms. The quantitative estimate of drug-likeness (QED) is 0.711. The Hall–Kier alpha value is 0.354. The van der Waals surface area contributed by atoms with E-state index in [9.17, 15) is 0 Å². The first kappa shape index (κ1) is 14.8. The summed E-state index contributed by atoms with van der Waals surface area (Å²) in [6.07, 6.45) is 8.65. The fraction of sp³-hybridized carbons (Fsp3) is 1.00. The molecule has 0 spiro atoms. The summed E-state index contributed by atoms with van der Waals surface area (Å²) in [5.41, 5.74) is 0. The summed E-state index contributed by atoms with van der Waals surface area (Å²) >= 11 is 0. The van der Waals surface area contributed by atoms with Crippen LogP contribution in [-0.4, -0.2) is 51.7 Å². The van der Waals surface area contributed by atoms with Crippen LogP contribution in [-0.2, 0) is 0 Å². The Morgan fingerprint density at radius 2 is 1.00 bits per heavy atom. The predicted octanol–water partition coefficient (Wildman–Crippen LogP) is 1.59. The van der Waals surface area contributed by atoms with E-state index in [1.54, 1.807) is 0 Å². The summed E-state index contributed by atoms with van der Waals surface area (Å²) in [5, 5.41) is 0. The maximum atomic E-state index is 2.98. The molecule has 2 nitrogen and oxygen atoms in total. The highest BCUT2D eigenvalue weighted by molar-refractivity contribution is 6.99. The summed E-state index contributed by atoms with van der Waals surface area (Å²) in [5.74, 6) is 0. The van der Waals surface area contributed by atoms with Crippen LogP contribution in [0.3, 0.4) is 0 Å². The molecule has 4 heteroatoms. The number of piperidine rings is 2. The fourth-order valence-corrected chi connectivity index (χ4v) is 14.5. The van der Waals surface area contributed by atoms with Gasteiger partial charge in [0.05, 0.1) is 0 Å². The average molecular weight is 285 g/mol. The van der Waals surface area contributed by atoms with Crippen molar-refractivity contribution in [2.24, 2.45) is 0 Å². The zero-order valence-electron chi connectivity index (χ0n) is 13.0. The van der Waals surface area contributed by atoms with Gasteiger partial charge in [-0.3, -0.25) is 0 Å². The van der Waals surface area contributed by atoms with Crippen LogP contribution in [0.4, 0.5) is 0 Å². The number of hydrogen-bond acceptors (Lipinski definition) is 2. The monoisotopic (exact) mass is 284 g/mol. The molecule has 0 saturated carbocycles. The smallest absolute Gasteiger partial charge is 0.165 e. The fourth-order valence-electron chi connectivity index (χ4n) is 4.51. The largest absolute Gasteiger partial charge is 0.312 e. The molecule has 4 unspecified atom stereocenters. The minimum Gasteiger partial charge on any atom is -0.312 e. The maximum Gasteiger partial charge on any atom is 0.165 e. The van der Waals surface area contributed by atoms with E-state index in [1.807, 2.05) is 0 Å². The molecule has 0 radical (unpaired) electrons. The van der Waals surface area contributed by atoms with E-state index >= 15 is 0 Å². The highest BCUT2D eigenvalue weighted by atomic mass is 29.2. The van der Waals surface area contributed by atoms with Crippen molar-refractivity contribution < 1.29 is 0 Å². The summed E-state index contributed by atoms with van der Waals surface area (Å²) in [6, 6.07) is 3.40. The van der Waals surface area contributed by atoms with Gasteiger partial charge in [0.15, 0.2) is 8.64 Å². The molecule has 0 aromatic carbocycles. The van der Waals surface area contributed by atoms with Gasteiger partial charge in [-0.2, -0.15) is 0 Å². The lowest BCUT2D eigenvalue weighted by Crippen LogP contribution is -2.65. The van der Waals surface area contributed by atoms with Gasteiger partial charge in [-0.25, -0.2) is 0 Å². The third kappa shape index (κ3) is 2.92. The second-order valence-electron chi connectivity index (χ2n) is 6.78. The summed E-state index contributed by atoms with van der Waals surface area (Å²) in [6.45, 7) is 9.92. The molecule has 0 aliphatic carbocycles. The molecular weight excluding hydrogens is 252 g/mol. The lowest BCUT2D eigenvalue weighted by atomic mass is 10.0. The first-order chi connectivity index (χ1) is 8.52. The van der Waals surface area contributed by atoms with Crippen molar-refractivity contribution in [3.8, 4) is 0 Å². The average Bonchev–Trinajstić information content (AvgIpc) is 2.28. The van der Waals surface area contributed by atoms with Crippen LogP contribution in [0.15, 0.2) is 0 Å². The molecule has 0 amide bonds. The molecule has 4 atom stereocenters. The summed E-state index contributed by atoms with van der Waals surface area (Å²) in [7, 11) is 0.624. The molecule has 2 aliphatic heterocycles. The molecule has 0 aromatic rings. The van der Waals surface area contributed by atoms with Crippen LogP contribution in [0.25, 0.3) is 0 Å². The van der Waals surface area contributed by atoms with Crippen LogP contribution in [0.1, 0.15) is 66.2 Å². The normalized spacial score (nSPS) is 42.0. The van der Waals surface area contributed by atoms with Gasteiger partial charge in [0.2, 0.25) is 0 Å². The first-order valence-corrected chi connectivity index (χ1v) is 13.7. The topological polar surface area (TPSA) is 6.48 Å². The van der Waals surface area contributed by atoms with E-state index in [0.717, 1.165) is 24.2 Å². The zero-order chi connectivity index (χ0) is 13.3. The Morgan fingerprint density at radius 3 is 1.28 bits per heavy atom. The lowest BCUT2D eigenvalue weighted by molar-refractivity contribution is 0.144. The highest BCUT2D eigenvalue weighted by Gasteiger charge is 2.37. The second kappa shape index (κ2) is 6.20. The van der Waals surface area contributed by atoms with Crippen molar-refractivity contribution in [1.82, 2.24) is 9.13 Å². The van der Waals surface area contributed by atoms with Crippen LogP contribution < -0.4 is 0 Å². The Morgan fingerprint density at radius 1 is 0.722 bits per heavy atom. The molecule has 0 N–H and O–H groups in total. The van der Waals surface area contributed by atoms with E-state index in [2.05, 4.69) is 36.8 Å². The van der Waals surface area contributed by atoms with Crippen molar-refractivity contribution in [2.75, 3.05) is 0 Å². The highest BCUT2D eigenvalue weighted by Crippen LogP contribution is 2.29. The number of nitrogens with zero attached hydrogens (tertiary/aromatic N) is 2. The molecule has 2 aliphatic rings. The van der Waals surface area contributed by atoms with Crippen LogP contribution in [0.5, 0.6) is 0 Å². The van der Waals surface area contributed by atoms with E-state index < -0.39 is 8.64 Å². The van der Waals surface area contributed by atoms with Crippen LogP contribution >= 0.6 is 0 Å². The molecule has 0 aromatic heterocycles. The Bertz CT molecular complexity index is 229. The lowest BCUT2D eigenvalue weighted by Gasteiger charge is -2.51. The van der Waals surface area contributed by atoms with E-state index in [0.29, 0.717) is 0 Å². The number of rotatable bonds is 2. The van der Waals surface area contributed by atoms with Gasteiger partial charge in [0.25, 0.3) is 0 Å². The van der Waals surface area contributed by atoms with Crippen molar-refractivity contribution in [2.45, 2.75) is 90.4 Å². The van der Waals surface area contributed by atoms with Gasteiger partial charge < -0.3 is 9.13 Å². The van der Waals surface area contributed by atoms with Crippen LogP contribution in [0.2, 0.25) is 0 Å². The van der Waals surface area contributed by atoms with Gasteiger partial charge in [-0.15, -0.1) is 0 Å². The molecule has 106 valence electrons. The zero-order valence-corrected chi connectivity index (χ0v) is 16.2. The molecule has 2 fully saturated rings. The second-order valence-corrected chi connectivity index (χ2v) is 12.3. The van der Waals surface area contributed by atoms with Crippen molar-refractivity contribution in [3.63, 3.8) is 0 Å². The van der Waals surface area contributed by atoms with Gasteiger partial charge in [0, 0.05) is 33.9 Å². The third-order valence-corrected chi connectivity index (χ3v) is 12.7. The van der Waals surface area contributed by atoms with Crippen molar-refractivity contribution in [1.29, 1.82) is 0 Å². The Kier molecular flexibility index (Phi) is 5.09. The van der Waals surface area contributed by atoms with Gasteiger partial charge in [0.1, 0.15) is 0 Å². The van der Waals surface area contributed by atoms with E-state index in [-0.39, 0.29) is 0 Å². The molecule has 2 saturated heterocycles. The van der Waals surface area contributed by atoms with Crippen molar-refractivity contribution >= 4 is 18.4 Å². The Balaban J connectivity index is 2.10. The SMILES string of the molecule is CC1CCCC(C)N1[SiH]([SiH3])N1C(C)CCCC1C. The minimum absolute atomic E-state index is 0.791. The molecular formula is C14H32N2Si2. The van der Waals surface area contributed by atoms with Gasteiger partial charge in [-0.1, -0.05) is 40.5 Å². The molecule has 2 rings (SSSR count). The van der Waals surface area contributed by atoms with E-state index in [1.165, 1.54) is 48.3 Å². The minimum atomic E-state index is -0.791. The third-order valence-electron chi connectivity index (χ3n) is 5.39. The maximum absolute atomic E-state index is 2.98. The first-order valence-electron chi connectivity index (χ1n) is 8.07. The summed E-state index contributed by atoms with van der Waals surface area (Å²) in [4.78, 5) is 0. The predicted molar refractivity (Wildman–Crippen MR) is 86.3 cm³/mol. The van der Waals surface area contributed by atoms with Gasteiger partial charge in [-0.05, 0) is 25.7 Å². The molecule has 2 heterocycles. The summed E-state index contributed by atoms with van der Waals surface area (Å²) < 4.78 is 5.96. The van der Waals surface area contributed by atoms with Gasteiger partial charge >= 0.3 is 0 Å². The number of hydrogen-bond donors (Lipinski definition) is 0. The van der Waals surface area contributed by atoms with Crippen molar-refractivity contribution in [3.05, 3.63) is 0 Å². The Labute approximate surface area is 118 Å². The standard InChI is InChI=1S/C14H32N2Si2/c1-11-7-5-8-12(2)15(11)18(17)16-13(3)9-6-10-14(16)4/h11-14,18H,5-10H2,1-4,17H3.